The van der Waals surface area contributed by atoms with Gasteiger partial charge < -0.3 is 4.74 Å². The molecule has 102 valence electrons. The Morgan fingerprint density at radius 3 is 2.89 bits per heavy atom. The van der Waals surface area contributed by atoms with Gasteiger partial charge in [0.15, 0.2) is 0 Å². The number of ketones is 1. The second-order valence-electron chi connectivity index (χ2n) is 3.62. The lowest BCUT2D eigenvalue weighted by Gasteiger charge is -2.06. The smallest absolute Gasteiger partial charge is 0.214 e. The van der Waals surface area contributed by atoms with E-state index >= 15 is 0 Å². The maximum Gasteiger partial charge on any atom is 0.214 e. The van der Waals surface area contributed by atoms with Gasteiger partial charge in [0.2, 0.25) is 5.78 Å². The summed E-state index contributed by atoms with van der Waals surface area (Å²) >= 11 is 14.2. The van der Waals surface area contributed by atoms with Crippen LogP contribution in [0, 0.1) is 0 Å². The van der Waals surface area contributed by atoms with Gasteiger partial charge in [-0.05, 0) is 37.9 Å². The quantitative estimate of drug-likeness (QED) is 0.676. The zero-order valence-corrected chi connectivity index (χ0v) is 14.6. The molecule has 0 amide bonds. The number of nitrogens with zero attached hydrogens (tertiary/aromatic N) is 2. The molecular formula is C11H9Br2ClN2O2S. The molecule has 0 radical (unpaired) electrons. The lowest BCUT2D eigenvalue weighted by Crippen LogP contribution is -2.14. The van der Waals surface area contributed by atoms with Gasteiger partial charge in [0.05, 0.1) is 37.5 Å². The summed E-state index contributed by atoms with van der Waals surface area (Å²) in [6.45, 7) is 0.944. The third-order valence-corrected chi connectivity index (χ3v) is 5.03. The second-order valence-corrected chi connectivity index (χ2v) is 7.78. The minimum absolute atomic E-state index is 0.160. The van der Waals surface area contributed by atoms with Gasteiger partial charge in [-0.3, -0.25) is 9.48 Å². The second kappa shape index (κ2) is 6.49. The molecule has 0 saturated carbocycles. The molecule has 0 spiro atoms. The van der Waals surface area contributed by atoms with Crippen molar-refractivity contribution in [1.82, 2.24) is 9.78 Å². The highest BCUT2D eigenvalue weighted by Gasteiger charge is 2.22. The van der Waals surface area contributed by atoms with E-state index in [0.29, 0.717) is 29.4 Å². The molecule has 0 unspecified atom stereocenters. The lowest BCUT2D eigenvalue weighted by atomic mass is 10.1. The Kier molecular flexibility index (Phi) is 5.19. The van der Waals surface area contributed by atoms with Crippen LogP contribution in [0.15, 0.2) is 19.8 Å². The fourth-order valence-electron chi connectivity index (χ4n) is 1.56. The highest BCUT2D eigenvalue weighted by atomic mass is 79.9. The number of carbonyl (C=O) groups is 1. The molecule has 0 fully saturated rings. The Morgan fingerprint density at radius 1 is 1.58 bits per heavy atom. The maximum atomic E-state index is 12.5. The first-order valence-corrected chi connectivity index (χ1v) is 8.02. The average molecular weight is 429 g/mol. The average Bonchev–Trinajstić information content (AvgIpc) is 2.89. The van der Waals surface area contributed by atoms with Crippen LogP contribution in [0.3, 0.4) is 0 Å². The van der Waals surface area contributed by atoms with Crippen LogP contribution in [-0.4, -0.2) is 29.3 Å². The molecule has 0 aromatic carbocycles. The summed E-state index contributed by atoms with van der Waals surface area (Å²) in [6, 6.07) is 1.76. The van der Waals surface area contributed by atoms with Crippen LogP contribution < -0.4 is 0 Å². The summed E-state index contributed by atoms with van der Waals surface area (Å²) in [7, 11) is 1.60. The largest absolute Gasteiger partial charge is 0.383 e. The van der Waals surface area contributed by atoms with Crippen molar-refractivity contribution in [3.8, 4) is 0 Å². The summed E-state index contributed by atoms with van der Waals surface area (Å²) in [5.74, 6) is -0.160. The number of aromatic nitrogens is 2. The first-order valence-electron chi connectivity index (χ1n) is 5.24. The van der Waals surface area contributed by atoms with E-state index in [1.165, 1.54) is 17.5 Å². The molecule has 0 aliphatic carbocycles. The molecule has 19 heavy (non-hydrogen) atoms. The zero-order chi connectivity index (χ0) is 14.0. The van der Waals surface area contributed by atoms with E-state index in [1.54, 1.807) is 17.9 Å². The van der Waals surface area contributed by atoms with Gasteiger partial charge in [-0.1, -0.05) is 11.6 Å². The molecule has 0 N–H and O–H groups in total. The van der Waals surface area contributed by atoms with Crippen molar-refractivity contribution >= 4 is 60.6 Å². The maximum absolute atomic E-state index is 12.5. The van der Waals surface area contributed by atoms with Gasteiger partial charge in [0, 0.05) is 7.11 Å². The fraction of sp³-hybridized carbons (Fsp3) is 0.273. The van der Waals surface area contributed by atoms with Crippen molar-refractivity contribution in [1.29, 1.82) is 0 Å². The molecule has 0 atom stereocenters. The van der Waals surface area contributed by atoms with Crippen molar-refractivity contribution in [3.63, 3.8) is 0 Å². The Morgan fingerprint density at radius 2 is 2.32 bits per heavy atom. The number of hydrogen-bond acceptors (Lipinski definition) is 4. The van der Waals surface area contributed by atoms with E-state index in [0.717, 1.165) is 7.57 Å². The Labute approximate surface area is 136 Å². The van der Waals surface area contributed by atoms with Gasteiger partial charge in [0.1, 0.15) is 5.69 Å². The molecule has 2 heterocycles. The van der Waals surface area contributed by atoms with Gasteiger partial charge >= 0.3 is 0 Å². The van der Waals surface area contributed by atoms with Crippen LogP contribution in [0.5, 0.6) is 0 Å². The van der Waals surface area contributed by atoms with E-state index in [2.05, 4.69) is 37.0 Å². The van der Waals surface area contributed by atoms with Crippen molar-refractivity contribution < 1.29 is 9.53 Å². The van der Waals surface area contributed by atoms with Crippen molar-refractivity contribution in [2.24, 2.45) is 0 Å². The molecule has 0 aliphatic heterocycles. The van der Waals surface area contributed by atoms with Crippen LogP contribution in [0.2, 0.25) is 5.02 Å². The third-order valence-electron chi connectivity index (χ3n) is 2.42. The predicted molar refractivity (Wildman–Crippen MR) is 82.3 cm³/mol. The number of rotatable bonds is 5. The zero-order valence-electron chi connectivity index (χ0n) is 9.82. The molecule has 2 aromatic rings. The van der Waals surface area contributed by atoms with Gasteiger partial charge in [-0.2, -0.15) is 5.10 Å². The van der Waals surface area contributed by atoms with Crippen LogP contribution in [0.4, 0.5) is 0 Å². The highest BCUT2D eigenvalue weighted by molar-refractivity contribution is 9.12. The van der Waals surface area contributed by atoms with E-state index in [4.69, 9.17) is 16.3 Å². The highest BCUT2D eigenvalue weighted by Crippen LogP contribution is 2.34. The molecule has 0 aliphatic rings. The van der Waals surface area contributed by atoms with E-state index in [-0.39, 0.29) is 5.78 Å². The molecule has 4 nitrogen and oxygen atoms in total. The number of ether oxygens (including phenoxy) is 1. The summed E-state index contributed by atoms with van der Waals surface area (Å²) in [4.78, 5) is 12.5. The lowest BCUT2D eigenvalue weighted by molar-refractivity contribution is 0.102. The minimum Gasteiger partial charge on any atom is -0.383 e. The predicted octanol–water partition coefficient (Wildman–Crippen LogP) is 4.00. The van der Waals surface area contributed by atoms with Crippen LogP contribution in [0.1, 0.15) is 16.1 Å². The van der Waals surface area contributed by atoms with Crippen LogP contribution in [-0.2, 0) is 11.3 Å². The molecule has 2 rings (SSSR count). The number of methoxy groups -OCH3 is 1. The van der Waals surface area contributed by atoms with Gasteiger partial charge in [-0.15, -0.1) is 11.3 Å². The van der Waals surface area contributed by atoms with E-state index < -0.39 is 0 Å². The third kappa shape index (κ3) is 3.28. The number of hydrogen-bond donors (Lipinski definition) is 0. The van der Waals surface area contributed by atoms with E-state index in [1.807, 2.05) is 0 Å². The molecule has 2 aromatic heterocycles. The first-order chi connectivity index (χ1) is 9.04. The minimum atomic E-state index is -0.160. The van der Waals surface area contributed by atoms with Crippen molar-refractivity contribution in [2.45, 2.75) is 6.54 Å². The number of halogens is 3. The fourth-order valence-corrected chi connectivity index (χ4v) is 4.58. The number of carbonyl (C=O) groups excluding carboxylic acids is 1. The van der Waals surface area contributed by atoms with Crippen molar-refractivity contribution in [2.75, 3.05) is 13.7 Å². The summed E-state index contributed by atoms with van der Waals surface area (Å²) in [5.41, 5.74) is 0.947. The Hall–Kier alpha value is -0.210. The number of thiophene rings is 1. The monoisotopic (exact) mass is 426 g/mol. The summed E-state index contributed by atoms with van der Waals surface area (Å²) in [6.07, 6.45) is 1.47. The van der Waals surface area contributed by atoms with Crippen LogP contribution >= 0.6 is 54.8 Å². The molecule has 0 bridgehead atoms. The topological polar surface area (TPSA) is 44.1 Å². The van der Waals surface area contributed by atoms with E-state index in [9.17, 15) is 4.79 Å². The first kappa shape index (κ1) is 15.2. The normalized spacial score (nSPS) is 10.9. The molecule has 8 heteroatoms. The molecular weight excluding hydrogens is 419 g/mol. The summed E-state index contributed by atoms with van der Waals surface area (Å²) in [5, 5.41) is 4.44. The van der Waals surface area contributed by atoms with Gasteiger partial charge in [-0.25, -0.2) is 0 Å². The standard InChI is InChI=1S/C11H9Br2ClN2O2S/c1-18-3-2-16-9(7(14)5-15-16)10(17)6-4-8(12)19-11(6)13/h4-5H,2-3H2,1H3. The van der Waals surface area contributed by atoms with Crippen molar-refractivity contribution in [3.05, 3.63) is 36.1 Å². The SMILES string of the molecule is COCCn1ncc(Cl)c1C(=O)c1cc(Br)sc1Br. The molecule has 0 saturated heterocycles. The Balaban J connectivity index is 2.38. The Bertz CT molecular complexity index is 612. The summed E-state index contributed by atoms with van der Waals surface area (Å²) < 4.78 is 8.20. The van der Waals surface area contributed by atoms with Gasteiger partial charge in [0.25, 0.3) is 0 Å². The van der Waals surface area contributed by atoms with Crippen LogP contribution in [0.25, 0.3) is 0 Å².